The predicted molar refractivity (Wildman–Crippen MR) is 73.5 cm³/mol. The molecule has 2 aromatic rings. The minimum absolute atomic E-state index is 0.169. The lowest BCUT2D eigenvalue weighted by Gasteiger charge is -2.27. The largest absolute Gasteiger partial charge is 0.463 e. The number of hydrogen-bond acceptors (Lipinski definition) is 5. The van der Waals surface area contributed by atoms with E-state index >= 15 is 0 Å². The second kappa shape index (κ2) is 5.73. The fourth-order valence-corrected chi connectivity index (χ4v) is 2.50. The Balaban J connectivity index is 2.22. The molecule has 1 amide bonds. The molecule has 5 nitrogen and oxygen atoms in total. The number of aliphatic hydroxyl groups is 1. The highest BCUT2D eigenvalue weighted by Gasteiger charge is 2.58. The van der Waals surface area contributed by atoms with E-state index in [0.717, 1.165) is 17.4 Å². The molecule has 120 valence electrons. The zero-order chi connectivity index (χ0) is 16.5. The minimum atomic E-state index is -5.06. The highest BCUT2D eigenvalue weighted by Crippen LogP contribution is 2.42. The molecule has 2 aromatic heterocycles. The van der Waals surface area contributed by atoms with Gasteiger partial charge in [-0.25, -0.2) is 4.98 Å². The summed E-state index contributed by atoms with van der Waals surface area (Å²) in [5.74, 6) is -1.53. The van der Waals surface area contributed by atoms with Crippen molar-refractivity contribution in [1.82, 2.24) is 4.98 Å². The maximum Gasteiger partial charge on any atom is 0.425 e. The first-order valence-electron chi connectivity index (χ1n) is 6.20. The van der Waals surface area contributed by atoms with Crippen molar-refractivity contribution < 1.29 is 27.5 Å². The van der Waals surface area contributed by atoms with Gasteiger partial charge in [-0.05, 0) is 26.0 Å². The number of aryl methyl sites for hydroxylation is 2. The van der Waals surface area contributed by atoms with Crippen molar-refractivity contribution in [2.75, 3.05) is 5.32 Å². The van der Waals surface area contributed by atoms with Crippen LogP contribution in [-0.2, 0) is 10.4 Å². The first-order chi connectivity index (χ1) is 10.1. The SMILES string of the molecule is Cc1csc(NC(=O)CC(O)(c2ccc(C)o2)C(F)(F)F)n1. The first kappa shape index (κ1) is 16.5. The van der Waals surface area contributed by atoms with Gasteiger partial charge in [0.2, 0.25) is 11.5 Å². The average molecular weight is 334 g/mol. The maximum atomic E-state index is 13.2. The van der Waals surface area contributed by atoms with Gasteiger partial charge in [0, 0.05) is 5.38 Å². The van der Waals surface area contributed by atoms with Crippen molar-refractivity contribution >= 4 is 22.4 Å². The van der Waals surface area contributed by atoms with E-state index in [1.807, 2.05) is 0 Å². The number of halogens is 3. The van der Waals surface area contributed by atoms with Crippen molar-refractivity contribution in [3.63, 3.8) is 0 Å². The first-order valence-corrected chi connectivity index (χ1v) is 7.08. The van der Waals surface area contributed by atoms with Crippen LogP contribution >= 0.6 is 11.3 Å². The van der Waals surface area contributed by atoms with Crippen molar-refractivity contribution in [2.24, 2.45) is 0 Å². The number of nitrogens with one attached hydrogen (secondary N) is 1. The van der Waals surface area contributed by atoms with Crippen LogP contribution in [-0.4, -0.2) is 22.2 Å². The van der Waals surface area contributed by atoms with Gasteiger partial charge in [0.25, 0.3) is 0 Å². The number of thiazole rings is 1. The molecule has 0 saturated carbocycles. The van der Waals surface area contributed by atoms with Gasteiger partial charge in [-0.3, -0.25) is 4.79 Å². The third-order valence-electron chi connectivity index (χ3n) is 2.90. The molecule has 9 heteroatoms. The van der Waals surface area contributed by atoms with E-state index in [-0.39, 0.29) is 10.9 Å². The molecule has 0 aliphatic rings. The number of amides is 1. The fraction of sp³-hybridized carbons (Fsp3) is 0.385. The van der Waals surface area contributed by atoms with Crippen LogP contribution in [0.1, 0.15) is 23.6 Å². The second-order valence-electron chi connectivity index (χ2n) is 4.79. The molecule has 22 heavy (non-hydrogen) atoms. The molecule has 0 radical (unpaired) electrons. The van der Waals surface area contributed by atoms with Crippen molar-refractivity contribution in [3.8, 4) is 0 Å². The van der Waals surface area contributed by atoms with E-state index in [9.17, 15) is 23.1 Å². The number of furan rings is 1. The van der Waals surface area contributed by atoms with Crippen LogP contribution in [0, 0.1) is 13.8 Å². The molecular weight excluding hydrogens is 321 g/mol. The number of rotatable bonds is 4. The Kier molecular flexibility index (Phi) is 4.30. The summed E-state index contributed by atoms with van der Waals surface area (Å²) in [4.78, 5) is 15.7. The average Bonchev–Trinajstić information content (AvgIpc) is 2.97. The van der Waals surface area contributed by atoms with Gasteiger partial charge in [-0.2, -0.15) is 13.2 Å². The summed E-state index contributed by atoms with van der Waals surface area (Å²) in [5.41, 5.74) is -2.76. The van der Waals surface area contributed by atoms with Crippen LogP contribution in [0.5, 0.6) is 0 Å². The Labute approximate surface area is 127 Å². The molecule has 0 spiro atoms. The molecule has 2 rings (SSSR count). The molecule has 0 aromatic carbocycles. The molecule has 0 bridgehead atoms. The number of aromatic nitrogens is 1. The van der Waals surface area contributed by atoms with E-state index in [1.165, 1.54) is 13.0 Å². The lowest BCUT2D eigenvalue weighted by atomic mass is 9.95. The van der Waals surface area contributed by atoms with Crippen LogP contribution in [0.15, 0.2) is 21.9 Å². The number of carbonyl (C=O) groups is 1. The molecule has 2 N–H and O–H groups in total. The number of hydrogen-bond donors (Lipinski definition) is 2. The number of alkyl halides is 3. The summed E-state index contributed by atoms with van der Waals surface area (Å²) >= 11 is 1.08. The van der Waals surface area contributed by atoms with Crippen molar-refractivity contribution in [3.05, 3.63) is 34.7 Å². The Morgan fingerprint density at radius 3 is 2.55 bits per heavy atom. The summed E-state index contributed by atoms with van der Waals surface area (Å²) in [5, 5.41) is 14.0. The van der Waals surface area contributed by atoms with E-state index in [4.69, 9.17) is 4.42 Å². The summed E-state index contributed by atoms with van der Waals surface area (Å²) < 4.78 is 44.5. The van der Waals surface area contributed by atoms with Gasteiger partial charge in [0.05, 0.1) is 12.1 Å². The number of carbonyl (C=O) groups excluding carboxylic acids is 1. The van der Waals surface area contributed by atoms with Crippen molar-refractivity contribution in [2.45, 2.75) is 32.0 Å². The summed E-state index contributed by atoms with van der Waals surface area (Å²) in [6, 6.07) is 2.29. The van der Waals surface area contributed by atoms with Gasteiger partial charge in [-0.15, -0.1) is 11.3 Å². The second-order valence-corrected chi connectivity index (χ2v) is 5.65. The molecule has 0 aliphatic heterocycles. The zero-order valence-electron chi connectivity index (χ0n) is 11.7. The van der Waals surface area contributed by atoms with Crippen LogP contribution in [0.4, 0.5) is 18.3 Å². The molecular formula is C13H13F3N2O3S. The quantitative estimate of drug-likeness (QED) is 0.901. The standard InChI is InChI=1S/C13H13F3N2O3S/c1-7-6-22-11(17-7)18-10(19)5-12(20,13(14,15)16)9-4-3-8(2)21-9/h3-4,6,20H,5H2,1-2H3,(H,17,18,19). The minimum Gasteiger partial charge on any atom is -0.463 e. The van der Waals surface area contributed by atoms with E-state index in [0.29, 0.717) is 5.69 Å². The Morgan fingerprint density at radius 2 is 2.09 bits per heavy atom. The summed E-state index contributed by atoms with van der Waals surface area (Å²) in [6.07, 6.45) is -6.28. The lowest BCUT2D eigenvalue weighted by molar-refractivity contribution is -0.272. The molecule has 0 saturated heterocycles. The summed E-state index contributed by atoms with van der Waals surface area (Å²) in [7, 11) is 0. The Bertz CT molecular complexity index is 680. The maximum absolute atomic E-state index is 13.2. The van der Waals surface area contributed by atoms with Crippen LogP contribution < -0.4 is 5.32 Å². The number of anilines is 1. The van der Waals surface area contributed by atoms with Crippen LogP contribution in [0.3, 0.4) is 0 Å². The van der Waals surface area contributed by atoms with Gasteiger partial charge in [-0.1, -0.05) is 0 Å². The summed E-state index contributed by atoms with van der Waals surface area (Å²) in [6.45, 7) is 3.13. The normalized spacial score (nSPS) is 14.6. The third kappa shape index (κ3) is 3.30. The van der Waals surface area contributed by atoms with Crippen LogP contribution in [0.25, 0.3) is 0 Å². The van der Waals surface area contributed by atoms with E-state index in [1.54, 1.807) is 12.3 Å². The molecule has 0 aliphatic carbocycles. The Morgan fingerprint density at radius 1 is 1.41 bits per heavy atom. The van der Waals surface area contributed by atoms with Crippen molar-refractivity contribution in [1.29, 1.82) is 0 Å². The highest BCUT2D eigenvalue weighted by molar-refractivity contribution is 7.13. The smallest absolute Gasteiger partial charge is 0.425 e. The fourth-order valence-electron chi connectivity index (χ4n) is 1.79. The van der Waals surface area contributed by atoms with Crippen LogP contribution in [0.2, 0.25) is 0 Å². The zero-order valence-corrected chi connectivity index (χ0v) is 12.5. The molecule has 2 heterocycles. The monoisotopic (exact) mass is 334 g/mol. The Hall–Kier alpha value is -1.87. The topological polar surface area (TPSA) is 75.4 Å². The molecule has 1 unspecified atom stereocenters. The number of nitrogens with zero attached hydrogens (tertiary/aromatic N) is 1. The van der Waals surface area contributed by atoms with Gasteiger partial charge >= 0.3 is 6.18 Å². The van der Waals surface area contributed by atoms with E-state index in [2.05, 4.69) is 10.3 Å². The molecule has 0 fully saturated rings. The van der Waals surface area contributed by atoms with E-state index < -0.39 is 29.9 Å². The van der Waals surface area contributed by atoms with Gasteiger partial charge in [0.1, 0.15) is 11.5 Å². The predicted octanol–water partition coefficient (Wildman–Crippen LogP) is 3.13. The van der Waals surface area contributed by atoms with Gasteiger partial charge < -0.3 is 14.8 Å². The highest BCUT2D eigenvalue weighted by atomic mass is 32.1. The third-order valence-corrected chi connectivity index (χ3v) is 3.77. The van der Waals surface area contributed by atoms with Gasteiger partial charge in [0.15, 0.2) is 5.13 Å². The lowest BCUT2D eigenvalue weighted by Crippen LogP contribution is -2.44. The molecule has 1 atom stereocenters.